The number of nitrogens with zero attached hydrogens (tertiary/aromatic N) is 2. The first kappa shape index (κ1) is 13.9. The third kappa shape index (κ3) is 2.85. The van der Waals surface area contributed by atoms with Crippen molar-refractivity contribution in [2.45, 2.75) is 12.5 Å². The van der Waals surface area contributed by atoms with Gasteiger partial charge in [-0.05, 0) is 17.7 Å². The summed E-state index contributed by atoms with van der Waals surface area (Å²) in [6.45, 7) is 0. The number of non-ortho nitro benzene ring substituents is 1. The Morgan fingerprint density at radius 2 is 1.77 bits per heavy atom. The first-order valence-corrected chi connectivity index (χ1v) is 6.72. The number of hydrogen-bond acceptors (Lipinski definition) is 5. The van der Waals surface area contributed by atoms with Crippen LogP contribution in [-0.4, -0.2) is 22.8 Å². The first-order valence-electron chi connectivity index (χ1n) is 6.72. The van der Waals surface area contributed by atoms with Crippen LogP contribution in [0.1, 0.15) is 11.1 Å². The Bertz CT molecular complexity index is 739. The summed E-state index contributed by atoms with van der Waals surface area (Å²) in [7, 11) is 0. The van der Waals surface area contributed by atoms with Crippen molar-refractivity contribution in [2.75, 3.05) is 0 Å². The van der Waals surface area contributed by atoms with E-state index in [0.717, 1.165) is 11.1 Å². The number of ether oxygens (including phenoxy) is 1. The lowest BCUT2D eigenvalue weighted by atomic mass is 10.1. The number of carbonyl (C=O) groups is 1. The molecule has 1 heterocycles. The molecule has 1 aliphatic heterocycles. The fourth-order valence-corrected chi connectivity index (χ4v) is 2.20. The van der Waals surface area contributed by atoms with Gasteiger partial charge in [-0.2, -0.15) is 0 Å². The van der Waals surface area contributed by atoms with Gasteiger partial charge in [0.25, 0.3) is 5.69 Å². The van der Waals surface area contributed by atoms with Crippen LogP contribution in [0.3, 0.4) is 0 Å². The molecule has 0 aliphatic carbocycles. The van der Waals surface area contributed by atoms with Gasteiger partial charge in [-0.25, -0.2) is 9.79 Å². The Balaban J connectivity index is 1.76. The highest BCUT2D eigenvalue weighted by molar-refractivity contribution is 6.06. The largest absolute Gasteiger partial charge is 0.406 e. The van der Waals surface area contributed by atoms with E-state index in [1.54, 1.807) is 12.1 Å². The number of nitro groups is 1. The van der Waals surface area contributed by atoms with Crippen LogP contribution in [0.15, 0.2) is 59.6 Å². The van der Waals surface area contributed by atoms with Gasteiger partial charge in [-0.1, -0.05) is 30.3 Å². The molecular formula is C16H12N2O4. The van der Waals surface area contributed by atoms with Gasteiger partial charge >= 0.3 is 5.97 Å². The zero-order chi connectivity index (χ0) is 15.5. The summed E-state index contributed by atoms with van der Waals surface area (Å²) >= 11 is 0. The molecule has 1 unspecified atom stereocenters. The number of aliphatic imine (C=N–C) groups is 1. The summed E-state index contributed by atoms with van der Waals surface area (Å²) in [6.07, 6.45) is 0.354. The van der Waals surface area contributed by atoms with E-state index in [-0.39, 0.29) is 5.69 Å². The number of nitro benzene ring substituents is 1. The molecule has 22 heavy (non-hydrogen) atoms. The highest BCUT2D eigenvalue weighted by atomic mass is 16.6. The molecule has 0 radical (unpaired) electrons. The summed E-state index contributed by atoms with van der Waals surface area (Å²) in [5, 5.41) is 10.6. The van der Waals surface area contributed by atoms with Crippen molar-refractivity contribution in [1.82, 2.24) is 0 Å². The molecule has 0 saturated carbocycles. The Morgan fingerprint density at radius 1 is 1.09 bits per heavy atom. The normalized spacial score (nSPS) is 17.0. The van der Waals surface area contributed by atoms with Gasteiger partial charge in [0.1, 0.15) is 0 Å². The van der Waals surface area contributed by atoms with Crippen molar-refractivity contribution in [2.24, 2.45) is 4.99 Å². The van der Waals surface area contributed by atoms with Gasteiger partial charge in [-0.15, -0.1) is 0 Å². The molecule has 2 aromatic rings. The van der Waals surface area contributed by atoms with Gasteiger partial charge < -0.3 is 4.74 Å². The van der Waals surface area contributed by atoms with Gasteiger partial charge in [0.05, 0.1) is 4.92 Å². The second-order valence-electron chi connectivity index (χ2n) is 4.86. The van der Waals surface area contributed by atoms with Gasteiger partial charge in [-0.3, -0.25) is 10.1 Å². The number of cyclic esters (lactones) is 1. The zero-order valence-electron chi connectivity index (χ0n) is 11.5. The Kier molecular flexibility index (Phi) is 3.65. The second kappa shape index (κ2) is 5.77. The van der Waals surface area contributed by atoms with E-state index in [1.165, 1.54) is 12.1 Å². The average Bonchev–Trinajstić information content (AvgIpc) is 2.90. The Hall–Kier alpha value is -3.02. The molecule has 1 atom stereocenters. The maximum Gasteiger partial charge on any atom is 0.338 e. The molecule has 0 fully saturated rings. The first-order chi connectivity index (χ1) is 10.6. The molecular weight excluding hydrogens is 284 g/mol. The van der Waals surface area contributed by atoms with Crippen molar-refractivity contribution in [3.8, 4) is 0 Å². The quantitative estimate of drug-likeness (QED) is 0.493. The molecule has 0 bridgehead atoms. The molecule has 1 aliphatic rings. The van der Waals surface area contributed by atoms with Gasteiger partial charge in [0.15, 0.2) is 6.04 Å². The van der Waals surface area contributed by atoms with Crippen molar-refractivity contribution in [3.05, 3.63) is 75.8 Å². The lowest BCUT2D eigenvalue weighted by molar-refractivity contribution is -0.384. The molecule has 0 spiro atoms. The standard InChI is InChI=1S/C16H12N2O4/c19-16-14(10-11-6-8-13(9-7-11)18(20)21)17-15(22-16)12-4-2-1-3-5-12/h1-9,14H,10H2. The van der Waals surface area contributed by atoms with Crippen molar-refractivity contribution in [1.29, 1.82) is 0 Å². The summed E-state index contributed by atoms with van der Waals surface area (Å²) in [5.74, 6) is -0.0882. The van der Waals surface area contributed by atoms with E-state index in [0.29, 0.717) is 12.3 Å². The van der Waals surface area contributed by atoms with Crippen molar-refractivity contribution in [3.63, 3.8) is 0 Å². The van der Waals surface area contributed by atoms with E-state index in [9.17, 15) is 14.9 Å². The second-order valence-corrected chi connectivity index (χ2v) is 4.86. The fraction of sp³-hybridized carbons (Fsp3) is 0.125. The number of carbonyl (C=O) groups excluding carboxylic acids is 1. The van der Waals surface area contributed by atoms with Crippen molar-refractivity contribution >= 4 is 17.6 Å². The van der Waals surface area contributed by atoms with E-state index in [2.05, 4.69) is 4.99 Å². The minimum Gasteiger partial charge on any atom is -0.406 e. The fourth-order valence-electron chi connectivity index (χ4n) is 2.20. The third-order valence-corrected chi connectivity index (χ3v) is 3.34. The number of esters is 1. The molecule has 110 valence electrons. The van der Waals surface area contributed by atoms with Crippen molar-refractivity contribution < 1.29 is 14.5 Å². The average molecular weight is 296 g/mol. The van der Waals surface area contributed by atoms with Crippen LogP contribution in [0.25, 0.3) is 0 Å². The smallest absolute Gasteiger partial charge is 0.338 e. The monoisotopic (exact) mass is 296 g/mol. The lowest BCUT2D eigenvalue weighted by Gasteiger charge is -2.03. The number of rotatable bonds is 4. The van der Waals surface area contributed by atoms with Crippen LogP contribution in [0.2, 0.25) is 0 Å². The van der Waals surface area contributed by atoms with Crippen LogP contribution in [0.5, 0.6) is 0 Å². The lowest BCUT2D eigenvalue weighted by Crippen LogP contribution is -2.17. The Morgan fingerprint density at radius 3 is 2.41 bits per heavy atom. The highest BCUT2D eigenvalue weighted by Crippen LogP contribution is 2.19. The Labute approximate surface area is 126 Å². The van der Waals surface area contributed by atoms with E-state index in [4.69, 9.17) is 4.74 Å². The topological polar surface area (TPSA) is 81.8 Å². The van der Waals surface area contributed by atoms with Crippen LogP contribution >= 0.6 is 0 Å². The molecule has 0 saturated heterocycles. The summed E-state index contributed by atoms with van der Waals surface area (Å²) in [6, 6.07) is 14.7. The van der Waals surface area contributed by atoms with Gasteiger partial charge in [0.2, 0.25) is 5.90 Å². The van der Waals surface area contributed by atoms with E-state index < -0.39 is 16.9 Å². The van der Waals surface area contributed by atoms with Crippen LogP contribution in [0, 0.1) is 10.1 Å². The number of benzene rings is 2. The number of hydrogen-bond donors (Lipinski definition) is 0. The predicted octanol–water partition coefficient (Wildman–Crippen LogP) is 2.51. The van der Waals surface area contributed by atoms with Crippen LogP contribution in [0.4, 0.5) is 5.69 Å². The zero-order valence-corrected chi connectivity index (χ0v) is 11.5. The summed E-state index contributed by atoms with van der Waals surface area (Å²) < 4.78 is 5.20. The van der Waals surface area contributed by atoms with E-state index >= 15 is 0 Å². The maximum absolute atomic E-state index is 11.9. The molecule has 6 nitrogen and oxygen atoms in total. The minimum absolute atomic E-state index is 0.0197. The maximum atomic E-state index is 11.9. The molecule has 2 aromatic carbocycles. The summed E-state index contributed by atoms with van der Waals surface area (Å²) in [4.78, 5) is 26.4. The SMILES string of the molecule is O=C1OC(c2ccccc2)=NC1Cc1ccc([N+](=O)[O-])cc1. The molecule has 6 heteroatoms. The van der Waals surface area contributed by atoms with E-state index in [1.807, 2.05) is 30.3 Å². The molecule has 0 N–H and O–H groups in total. The molecule has 0 aromatic heterocycles. The minimum atomic E-state index is -0.614. The molecule has 0 amide bonds. The third-order valence-electron chi connectivity index (χ3n) is 3.34. The highest BCUT2D eigenvalue weighted by Gasteiger charge is 2.29. The predicted molar refractivity (Wildman–Crippen MR) is 79.7 cm³/mol. The van der Waals surface area contributed by atoms with Crippen LogP contribution in [-0.2, 0) is 16.0 Å². The van der Waals surface area contributed by atoms with Gasteiger partial charge in [0, 0.05) is 24.1 Å². The molecule has 3 rings (SSSR count). The van der Waals surface area contributed by atoms with Crippen LogP contribution < -0.4 is 0 Å². The summed E-state index contributed by atoms with van der Waals surface area (Å²) in [5.41, 5.74) is 1.57.